The molecular weight excluding hydrogens is 563 g/mol. The molecule has 0 aliphatic carbocycles. The van der Waals surface area contributed by atoms with Crippen molar-refractivity contribution in [1.82, 2.24) is 29.3 Å². The van der Waals surface area contributed by atoms with Crippen LogP contribution in [0.3, 0.4) is 0 Å². The minimum atomic E-state index is -0.644. The minimum absolute atomic E-state index is 0.0839. The second-order valence-corrected chi connectivity index (χ2v) is 12.2. The SMILES string of the molecule is CN(c1cc(N2CCC2)n(C)n1)c1cc(-c2cccc(-n3ncc4cc(C(C)(C)C)cc(F)c4c3=O)c2CO)nn(C)c1=O. The van der Waals surface area contributed by atoms with E-state index in [1.807, 2.05) is 33.9 Å². The van der Waals surface area contributed by atoms with Gasteiger partial charge in [-0.2, -0.15) is 20.0 Å². The average Bonchev–Trinajstić information content (AvgIpc) is 3.32. The molecule has 3 aromatic heterocycles. The Hall–Kier alpha value is -4.84. The number of benzene rings is 2. The fourth-order valence-electron chi connectivity index (χ4n) is 5.55. The summed E-state index contributed by atoms with van der Waals surface area (Å²) in [6, 6.07) is 11.8. The Balaban J connectivity index is 1.46. The molecule has 0 spiro atoms. The average molecular weight is 599 g/mol. The van der Waals surface area contributed by atoms with Gasteiger partial charge in [-0.15, -0.1) is 0 Å². The van der Waals surface area contributed by atoms with Gasteiger partial charge in [0.1, 0.15) is 17.3 Å². The van der Waals surface area contributed by atoms with Gasteiger partial charge in [0.05, 0.1) is 29.6 Å². The second kappa shape index (κ2) is 10.7. The van der Waals surface area contributed by atoms with Crippen LogP contribution in [0, 0.1) is 5.82 Å². The molecule has 1 fully saturated rings. The molecule has 1 aliphatic heterocycles. The van der Waals surface area contributed by atoms with E-state index in [0.29, 0.717) is 33.7 Å². The molecule has 1 aliphatic rings. The second-order valence-electron chi connectivity index (χ2n) is 12.2. The standard InChI is InChI=1S/C32H35FN8O3/c1-32(2,3)20-13-19-17-34-41(31(44)29(19)23(33)14-20)25-10-7-9-21(22(25)18-42)24-15-26(30(43)39(6)35-24)37(4)27-16-28(38(5)36-27)40-11-8-12-40/h7,9-10,13-17,42H,8,11-12,18H2,1-6H3. The Morgan fingerprint density at radius 2 is 1.75 bits per heavy atom. The van der Waals surface area contributed by atoms with E-state index in [2.05, 4.69) is 20.2 Å². The van der Waals surface area contributed by atoms with Crippen LogP contribution >= 0.6 is 0 Å². The van der Waals surface area contributed by atoms with E-state index in [0.717, 1.165) is 35.6 Å². The van der Waals surface area contributed by atoms with Crippen LogP contribution in [0.4, 0.5) is 21.7 Å². The van der Waals surface area contributed by atoms with Gasteiger partial charge >= 0.3 is 0 Å². The van der Waals surface area contributed by atoms with Gasteiger partial charge in [-0.05, 0) is 41.7 Å². The first-order valence-electron chi connectivity index (χ1n) is 14.5. The fourth-order valence-corrected chi connectivity index (χ4v) is 5.55. The molecule has 228 valence electrons. The normalized spacial score (nSPS) is 13.4. The predicted octanol–water partition coefficient (Wildman–Crippen LogP) is 3.79. The van der Waals surface area contributed by atoms with Crippen molar-refractivity contribution in [3.8, 4) is 16.9 Å². The van der Waals surface area contributed by atoms with Gasteiger partial charge in [0.25, 0.3) is 11.1 Å². The zero-order chi connectivity index (χ0) is 31.5. The number of anilines is 3. The largest absolute Gasteiger partial charge is 0.392 e. The highest BCUT2D eigenvalue weighted by molar-refractivity contribution is 5.83. The van der Waals surface area contributed by atoms with Crippen LogP contribution in [0.2, 0.25) is 0 Å². The number of halogens is 1. The van der Waals surface area contributed by atoms with Crippen molar-refractivity contribution >= 4 is 28.1 Å². The minimum Gasteiger partial charge on any atom is -0.392 e. The number of aliphatic hydroxyl groups is 1. The van der Waals surface area contributed by atoms with E-state index in [1.165, 1.54) is 16.9 Å². The molecule has 1 N–H and O–H groups in total. The maximum atomic E-state index is 15.3. The van der Waals surface area contributed by atoms with Gasteiger partial charge in [-0.3, -0.25) is 14.3 Å². The van der Waals surface area contributed by atoms with Crippen LogP contribution in [0.15, 0.2) is 58.3 Å². The Kier molecular flexibility index (Phi) is 7.11. The molecule has 0 atom stereocenters. The van der Waals surface area contributed by atoms with E-state index in [9.17, 15) is 14.7 Å². The number of aliphatic hydroxyl groups excluding tert-OH is 1. The number of rotatable bonds is 6. The lowest BCUT2D eigenvalue weighted by Gasteiger charge is -2.32. The van der Waals surface area contributed by atoms with Crippen molar-refractivity contribution in [2.75, 3.05) is 29.9 Å². The first-order chi connectivity index (χ1) is 20.9. The van der Waals surface area contributed by atoms with E-state index >= 15 is 4.39 Å². The summed E-state index contributed by atoms with van der Waals surface area (Å²) in [5, 5.41) is 24.3. The molecule has 0 unspecified atom stereocenters. The molecule has 5 aromatic rings. The van der Waals surface area contributed by atoms with E-state index in [-0.39, 0.29) is 22.0 Å². The van der Waals surface area contributed by atoms with Crippen molar-refractivity contribution in [2.45, 2.75) is 39.2 Å². The monoisotopic (exact) mass is 598 g/mol. The van der Waals surface area contributed by atoms with Gasteiger partial charge in [-0.25, -0.2) is 9.07 Å². The molecule has 0 bridgehead atoms. The summed E-state index contributed by atoms with van der Waals surface area (Å²) < 4.78 is 19.5. The van der Waals surface area contributed by atoms with Gasteiger partial charge in [0.2, 0.25) is 0 Å². The van der Waals surface area contributed by atoms with Crippen LogP contribution in [0.25, 0.3) is 27.7 Å². The zero-order valence-electron chi connectivity index (χ0n) is 25.7. The Labute approximate surface area is 253 Å². The topological polar surface area (TPSA) is 114 Å². The van der Waals surface area contributed by atoms with Crippen LogP contribution in [0.1, 0.15) is 38.3 Å². The third-order valence-corrected chi connectivity index (χ3v) is 8.29. The highest BCUT2D eigenvalue weighted by atomic mass is 19.1. The maximum absolute atomic E-state index is 15.3. The quantitative estimate of drug-likeness (QED) is 0.314. The molecular formula is C32H35FN8O3. The van der Waals surface area contributed by atoms with Crippen LogP contribution in [-0.2, 0) is 26.1 Å². The first kappa shape index (κ1) is 29.2. The lowest BCUT2D eigenvalue weighted by atomic mass is 9.86. The summed E-state index contributed by atoms with van der Waals surface area (Å²) in [6.07, 6.45) is 2.59. The summed E-state index contributed by atoms with van der Waals surface area (Å²) in [5.74, 6) is 0.941. The third kappa shape index (κ3) is 4.84. The van der Waals surface area contributed by atoms with E-state index in [4.69, 9.17) is 0 Å². The summed E-state index contributed by atoms with van der Waals surface area (Å²) in [4.78, 5) is 30.8. The number of hydrogen-bond donors (Lipinski definition) is 1. The summed E-state index contributed by atoms with van der Waals surface area (Å²) >= 11 is 0. The van der Waals surface area contributed by atoms with E-state index < -0.39 is 18.0 Å². The molecule has 4 heterocycles. The zero-order valence-corrected chi connectivity index (χ0v) is 25.7. The van der Waals surface area contributed by atoms with Gasteiger partial charge in [0.15, 0.2) is 5.82 Å². The molecule has 6 rings (SSSR count). The molecule has 12 heteroatoms. The van der Waals surface area contributed by atoms with Gasteiger partial charge in [-0.1, -0.05) is 32.9 Å². The number of aromatic nitrogens is 6. The van der Waals surface area contributed by atoms with Crippen molar-refractivity contribution in [1.29, 1.82) is 0 Å². The summed E-state index contributed by atoms with van der Waals surface area (Å²) in [6.45, 7) is 7.38. The molecule has 0 saturated carbocycles. The molecule has 11 nitrogen and oxygen atoms in total. The summed E-state index contributed by atoms with van der Waals surface area (Å²) in [5.41, 5.74) is 1.33. The Bertz CT molecular complexity index is 2030. The summed E-state index contributed by atoms with van der Waals surface area (Å²) in [7, 11) is 5.20. The highest BCUT2D eigenvalue weighted by Gasteiger charge is 2.24. The number of hydrogen-bond acceptors (Lipinski definition) is 8. The first-order valence-corrected chi connectivity index (χ1v) is 14.5. The molecule has 44 heavy (non-hydrogen) atoms. The highest BCUT2D eigenvalue weighted by Crippen LogP contribution is 2.32. The lowest BCUT2D eigenvalue weighted by molar-refractivity contribution is 0.281. The smallest absolute Gasteiger partial charge is 0.290 e. The van der Waals surface area contributed by atoms with Gasteiger partial charge < -0.3 is 14.9 Å². The molecule has 0 radical (unpaired) electrons. The van der Waals surface area contributed by atoms with Crippen LogP contribution in [-0.4, -0.2) is 54.6 Å². The fraction of sp³-hybridized carbons (Fsp3) is 0.344. The van der Waals surface area contributed by atoms with Crippen molar-refractivity contribution in [2.24, 2.45) is 14.1 Å². The van der Waals surface area contributed by atoms with Gasteiger partial charge in [0, 0.05) is 56.8 Å². The van der Waals surface area contributed by atoms with Crippen molar-refractivity contribution in [3.05, 3.63) is 86.3 Å². The Morgan fingerprint density at radius 3 is 2.41 bits per heavy atom. The number of nitrogens with zero attached hydrogens (tertiary/aromatic N) is 8. The van der Waals surface area contributed by atoms with Crippen LogP contribution < -0.4 is 20.9 Å². The number of aryl methyl sites for hydroxylation is 2. The number of fused-ring (bicyclic) bond motifs is 1. The molecule has 2 aromatic carbocycles. The predicted molar refractivity (Wildman–Crippen MR) is 168 cm³/mol. The van der Waals surface area contributed by atoms with Crippen molar-refractivity contribution < 1.29 is 9.50 Å². The third-order valence-electron chi connectivity index (χ3n) is 8.29. The van der Waals surface area contributed by atoms with Crippen LogP contribution in [0.5, 0.6) is 0 Å². The van der Waals surface area contributed by atoms with E-state index in [1.54, 1.807) is 54.0 Å². The molecule has 1 saturated heterocycles. The molecule has 0 amide bonds. The maximum Gasteiger partial charge on any atom is 0.290 e. The van der Waals surface area contributed by atoms with Crippen molar-refractivity contribution in [3.63, 3.8) is 0 Å². The Morgan fingerprint density at radius 1 is 1.00 bits per heavy atom. The lowest BCUT2D eigenvalue weighted by Crippen LogP contribution is -2.38.